The van der Waals surface area contributed by atoms with Gasteiger partial charge in [0, 0.05) is 19.6 Å². The van der Waals surface area contributed by atoms with Crippen LogP contribution in [0, 0.1) is 11.3 Å². The molecule has 4 rings (SSSR count). The SMILES string of the molecule is COc1ccccc1OC1CCN(CC2CCc3cc(C#N)ccc32)CC1. The van der Waals surface area contributed by atoms with Crippen molar-refractivity contribution in [3.05, 3.63) is 59.2 Å². The number of para-hydroxylation sites is 2. The van der Waals surface area contributed by atoms with Gasteiger partial charge >= 0.3 is 0 Å². The largest absolute Gasteiger partial charge is 0.493 e. The number of nitriles is 1. The van der Waals surface area contributed by atoms with Crippen LogP contribution in [0.5, 0.6) is 11.5 Å². The lowest BCUT2D eigenvalue weighted by molar-refractivity contribution is 0.0945. The quantitative estimate of drug-likeness (QED) is 0.802. The van der Waals surface area contributed by atoms with Gasteiger partial charge in [0.2, 0.25) is 0 Å². The molecule has 2 aromatic rings. The summed E-state index contributed by atoms with van der Waals surface area (Å²) in [5.74, 6) is 2.25. The lowest BCUT2D eigenvalue weighted by atomic mass is 9.98. The number of rotatable bonds is 5. The van der Waals surface area contributed by atoms with Crippen LogP contribution >= 0.6 is 0 Å². The first-order valence-electron chi connectivity index (χ1n) is 9.82. The van der Waals surface area contributed by atoms with Crippen LogP contribution in [-0.2, 0) is 6.42 Å². The Morgan fingerprint density at radius 1 is 1.07 bits per heavy atom. The van der Waals surface area contributed by atoms with E-state index < -0.39 is 0 Å². The number of fused-ring (bicyclic) bond motifs is 1. The summed E-state index contributed by atoms with van der Waals surface area (Å²) in [6, 6.07) is 16.3. The molecule has 0 bridgehead atoms. The number of ether oxygens (including phenoxy) is 2. The molecule has 1 aliphatic carbocycles. The number of nitrogens with zero attached hydrogens (tertiary/aromatic N) is 2. The summed E-state index contributed by atoms with van der Waals surface area (Å²) in [4.78, 5) is 2.57. The lowest BCUT2D eigenvalue weighted by Gasteiger charge is -2.34. The number of aryl methyl sites for hydroxylation is 1. The maximum Gasteiger partial charge on any atom is 0.161 e. The Morgan fingerprint density at radius 3 is 2.59 bits per heavy atom. The standard InChI is InChI=1S/C23H26N2O2/c1-26-22-4-2-3-5-23(22)27-20-10-12-25(13-11-20)16-19-8-7-18-14-17(15-24)6-9-21(18)19/h2-6,9,14,19-20H,7-8,10-13,16H2,1H3. The van der Waals surface area contributed by atoms with Gasteiger partial charge < -0.3 is 14.4 Å². The van der Waals surface area contributed by atoms with Crippen molar-refractivity contribution in [3.8, 4) is 17.6 Å². The molecule has 4 heteroatoms. The Morgan fingerprint density at radius 2 is 1.85 bits per heavy atom. The van der Waals surface area contributed by atoms with Gasteiger partial charge in [0.1, 0.15) is 6.10 Å². The normalized spacial score (nSPS) is 20.1. The molecule has 1 heterocycles. The third-order valence-corrected chi connectivity index (χ3v) is 5.85. The van der Waals surface area contributed by atoms with Crippen molar-refractivity contribution < 1.29 is 9.47 Å². The Kier molecular flexibility index (Phi) is 5.31. The fraction of sp³-hybridized carbons (Fsp3) is 0.435. The Bertz CT molecular complexity index is 835. The van der Waals surface area contributed by atoms with Gasteiger partial charge in [0.25, 0.3) is 0 Å². The van der Waals surface area contributed by atoms with E-state index in [9.17, 15) is 0 Å². The van der Waals surface area contributed by atoms with Crippen molar-refractivity contribution in [3.63, 3.8) is 0 Å². The average Bonchev–Trinajstić information content (AvgIpc) is 3.11. The third-order valence-electron chi connectivity index (χ3n) is 5.85. The summed E-state index contributed by atoms with van der Waals surface area (Å²) in [7, 11) is 1.68. The predicted molar refractivity (Wildman–Crippen MR) is 105 cm³/mol. The molecule has 0 amide bonds. The predicted octanol–water partition coefficient (Wildman–Crippen LogP) is 4.14. The number of hydrogen-bond acceptors (Lipinski definition) is 4. The summed E-state index contributed by atoms with van der Waals surface area (Å²) in [5.41, 5.74) is 3.60. The monoisotopic (exact) mass is 362 g/mol. The Labute approximate surface area is 161 Å². The lowest BCUT2D eigenvalue weighted by Crippen LogP contribution is -2.40. The zero-order valence-corrected chi connectivity index (χ0v) is 15.9. The summed E-state index contributed by atoms with van der Waals surface area (Å²) in [6.45, 7) is 3.25. The first-order chi connectivity index (χ1) is 13.3. The number of hydrogen-bond donors (Lipinski definition) is 0. The van der Waals surface area contributed by atoms with Crippen molar-refractivity contribution in [1.29, 1.82) is 5.26 Å². The molecule has 1 fully saturated rings. The van der Waals surface area contributed by atoms with Crippen molar-refractivity contribution in [1.82, 2.24) is 4.90 Å². The second kappa shape index (κ2) is 8.02. The molecular weight excluding hydrogens is 336 g/mol. The summed E-state index contributed by atoms with van der Waals surface area (Å²) < 4.78 is 11.6. The minimum Gasteiger partial charge on any atom is -0.493 e. The molecule has 1 aliphatic heterocycles. The Hall–Kier alpha value is -2.51. The zero-order valence-electron chi connectivity index (χ0n) is 15.9. The van der Waals surface area contributed by atoms with Gasteiger partial charge in [0.15, 0.2) is 11.5 Å². The third kappa shape index (κ3) is 3.94. The van der Waals surface area contributed by atoms with Crippen molar-refractivity contribution in [2.75, 3.05) is 26.7 Å². The van der Waals surface area contributed by atoms with Crippen LogP contribution < -0.4 is 9.47 Å². The number of methoxy groups -OCH3 is 1. The van der Waals surface area contributed by atoms with Crippen LogP contribution in [0.2, 0.25) is 0 Å². The van der Waals surface area contributed by atoms with Crippen LogP contribution in [0.4, 0.5) is 0 Å². The van der Waals surface area contributed by atoms with Crippen LogP contribution in [0.15, 0.2) is 42.5 Å². The van der Waals surface area contributed by atoms with Crippen LogP contribution in [-0.4, -0.2) is 37.7 Å². The van der Waals surface area contributed by atoms with Crippen LogP contribution in [0.1, 0.15) is 41.9 Å². The highest BCUT2D eigenvalue weighted by atomic mass is 16.5. The molecule has 1 saturated heterocycles. The molecule has 140 valence electrons. The van der Waals surface area contributed by atoms with Crippen molar-refractivity contribution in [2.45, 2.75) is 37.7 Å². The van der Waals surface area contributed by atoms with E-state index in [1.54, 1.807) is 7.11 Å². The number of piperidine rings is 1. The second-order valence-corrected chi connectivity index (χ2v) is 7.53. The van der Waals surface area contributed by atoms with E-state index in [0.717, 1.165) is 56.0 Å². The zero-order chi connectivity index (χ0) is 18.6. The fourth-order valence-electron chi connectivity index (χ4n) is 4.38. The van der Waals surface area contributed by atoms with E-state index in [-0.39, 0.29) is 6.10 Å². The summed E-state index contributed by atoms with van der Waals surface area (Å²) in [6.07, 6.45) is 4.65. The molecule has 0 spiro atoms. The number of benzene rings is 2. The van der Waals surface area contributed by atoms with Crippen molar-refractivity contribution >= 4 is 0 Å². The van der Waals surface area contributed by atoms with Crippen molar-refractivity contribution in [2.24, 2.45) is 0 Å². The van der Waals surface area contributed by atoms with Gasteiger partial charge in [-0.15, -0.1) is 0 Å². The average molecular weight is 362 g/mol. The van der Waals surface area contributed by atoms with Gasteiger partial charge in [0.05, 0.1) is 18.7 Å². The highest BCUT2D eigenvalue weighted by Gasteiger charge is 2.27. The van der Waals surface area contributed by atoms with E-state index in [4.69, 9.17) is 14.7 Å². The van der Waals surface area contributed by atoms with Gasteiger partial charge in [-0.25, -0.2) is 0 Å². The molecule has 0 saturated carbocycles. The van der Waals surface area contributed by atoms with Gasteiger partial charge in [-0.3, -0.25) is 0 Å². The summed E-state index contributed by atoms with van der Waals surface area (Å²) >= 11 is 0. The van der Waals surface area contributed by atoms with Gasteiger partial charge in [-0.2, -0.15) is 5.26 Å². The van der Waals surface area contributed by atoms with Gasteiger partial charge in [-0.1, -0.05) is 18.2 Å². The molecule has 2 aromatic carbocycles. The molecule has 27 heavy (non-hydrogen) atoms. The topological polar surface area (TPSA) is 45.5 Å². The van der Waals surface area contributed by atoms with E-state index in [1.165, 1.54) is 17.5 Å². The highest BCUT2D eigenvalue weighted by molar-refractivity contribution is 5.42. The second-order valence-electron chi connectivity index (χ2n) is 7.53. The minimum atomic E-state index is 0.256. The Balaban J connectivity index is 1.31. The van der Waals surface area contributed by atoms with Crippen LogP contribution in [0.3, 0.4) is 0 Å². The molecular formula is C23H26N2O2. The van der Waals surface area contributed by atoms with E-state index in [2.05, 4.69) is 23.1 Å². The first-order valence-corrected chi connectivity index (χ1v) is 9.82. The maximum absolute atomic E-state index is 9.08. The molecule has 0 aromatic heterocycles. The minimum absolute atomic E-state index is 0.256. The molecule has 0 radical (unpaired) electrons. The molecule has 2 aliphatic rings. The van der Waals surface area contributed by atoms with E-state index >= 15 is 0 Å². The smallest absolute Gasteiger partial charge is 0.161 e. The van der Waals surface area contributed by atoms with Crippen LogP contribution in [0.25, 0.3) is 0 Å². The van der Waals surface area contributed by atoms with E-state index in [0.29, 0.717) is 5.92 Å². The first kappa shape index (κ1) is 17.9. The fourth-order valence-corrected chi connectivity index (χ4v) is 4.38. The molecule has 4 nitrogen and oxygen atoms in total. The summed E-state index contributed by atoms with van der Waals surface area (Å²) in [5, 5.41) is 9.08. The van der Waals surface area contributed by atoms with E-state index in [1.807, 2.05) is 30.3 Å². The highest BCUT2D eigenvalue weighted by Crippen LogP contribution is 2.35. The maximum atomic E-state index is 9.08. The molecule has 0 N–H and O–H groups in total. The molecule has 1 unspecified atom stereocenters. The van der Waals surface area contributed by atoms with Gasteiger partial charge in [-0.05, 0) is 67.0 Å². The number of likely N-dealkylation sites (tertiary alicyclic amines) is 1. The molecule has 1 atom stereocenters.